The highest BCUT2D eigenvalue weighted by Crippen LogP contribution is 2.00. The number of hydrogen-bond donors (Lipinski definition) is 2. The van der Waals surface area contributed by atoms with Gasteiger partial charge in [-0.25, -0.2) is 4.98 Å². The molecule has 0 saturated heterocycles. The lowest BCUT2D eigenvalue weighted by molar-refractivity contribution is 0.0707. The Morgan fingerprint density at radius 3 is 2.93 bits per heavy atom. The fourth-order valence-corrected chi connectivity index (χ4v) is 1.24. The van der Waals surface area contributed by atoms with Gasteiger partial charge in [0.1, 0.15) is 6.33 Å². The average Bonchev–Trinajstić information content (AvgIpc) is 2.76. The number of aliphatic hydroxyl groups excluding tert-OH is 1. The molecule has 0 aliphatic carbocycles. The maximum Gasteiger partial charge on any atom is 0.291 e. The van der Waals surface area contributed by atoms with Gasteiger partial charge in [-0.15, -0.1) is 0 Å². The number of amides is 1. The molecule has 0 saturated carbocycles. The van der Waals surface area contributed by atoms with Crippen molar-refractivity contribution >= 4 is 5.91 Å². The monoisotopic (exact) mass is 212 g/mol. The Hall–Kier alpha value is -1.43. The fourth-order valence-electron chi connectivity index (χ4n) is 1.24. The molecular weight excluding hydrogens is 196 g/mol. The molecule has 0 unspecified atom stereocenters. The Morgan fingerprint density at radius 2 is 2.40 bits per heavy atom. The van der Waals surface area contributed by atoms with Crippen molar-refractivity contribution in [3.05, 3.63) is 12.2 Å². The van der Waals surface area contributed by atoms with Crippen LogP contribution in [0.5, 0.6) is 0 Å². The molecule has 2 N–H and O–H groups in total. The van der Waals surface area contributed by atoms with E-state index in [1.807, 2.05) is 0 Å². The molecule has 84 valence electrons. The zero-order valence-electron chi connectivity index (χ0n) is 8.81. The molecule has 1 rings (SSSR count). The Morgan fingerprint density at radius 1 is 1.60 bits per heavy atom. The molecule has 1 heterocycles. The summed E-state index contributed by atoms with van der Waals surface area (Å²) in [4.78, 5) is 17.1. The predicted molar refractivity (Wildman–Crippen MR) is 54.3 cm³/mol. The van der Waals surface area contributed by atoms with Gasteiger partial charge in [-0.2, -0.15) is 5.10 Å². The van der Waals surface area contributed by atoms with Crippen LogP contribution in [0.25, 0.3) is 0 Å². The summed E-state index contributed by atoms with van der Waals surface area (Å²) in [5.41, 5.74) is 0. The van der Waals surface area contributed by atoms with Crippen LogP contribution in [0, 0.1) is 0 Å². The molecule has 1 amide bonds. The van der Waals surface area contributed by atoms with Gasteiger partial charge in [0.25, 0.3) is 5.91 Å². The van der Waals surface area contributed by atoms with E-state index in [4.69, 9.17) is 5.11 Å². The predicted octanol–water partition coefficient (Wildman–Crippen LogP) is 0.0393. The quantitative estimate of drug-likeness (QED) is 0.697. The largest absolute Gasteiger partial charge is 0.395 e. The van der Waals surface area contributed by atoms with E-state index in [1.54, 1.807) is 4.90 Å². The van der Waals surface area contributed by atoms with Crippen molar-refractivity contribution in [1.29, 1.82) is 0 Å². The molecule has 0 aromatic carbocycles. The van der Waals surface area contributed by atoms with Gasteiger partial charge >= 0.3 is 0 Å². The van der Waals surface area contributed by atoms with Gasteiger partial charge in [0, 0.05) is 13.1 Å². The number of aromatic amines is 1. The van der Waals surface area contributed by atoms with Gasteiger partial charge in [-0.1, -0.05) is 13.3 Å². The van der Waals surface area contributed by atoms with Crippen molar-refractivity contribution in [1.82, 2.24) is 20.1 Å². The summed E-state index contributed by atoms with van der Waals surface area (Å²) in [6, 6.07) is 0. The standard InChI is InChI=1S/C9H16N4O2/c1-2-3-4-13(5-6-14)9(15)8-10-7-11-12-8/h7,14H,2-6H2,1H3,(H,10,11,12). The molecule has 0 spiro atoms. The summed E-state index contributed by atoms with van der Waals surface area (Å²) in [7, 11) is 0. The van der Waals surface area contributed by atoms with E-state index >= 15 is 0 Å². The van der Waals surface area contributed by atoms with Crippen molar-refractivity contribution < 1.29 is 9.90 Å². The lowest BCUT2D eigenvalue weighted by atomic mass is 10.3. The summed E-state index contributed by atoms with van der Waals surface area (Å²) < 4.78 is 0. The minimum absolute atomic E-state index is 0.0381. The average molecular weight is 212 g/mol. The Kier molecular flexibility index (Phi) is 4.76. The van der Waals surface area contributed by atoms with E-state index in [-0.39, 0.29) is 18.3 Å². The molecule has 15 heavy (non-hydrogen) atoms. The van der Waals surface area contributed by atoms with E-state index < -0.39 is 0 Å². The number of carbonyl (C=O) groups excluding carboxylic acids is 1. The van der Waals surface area contributed by atoms with Crippen LogP contribution in [-0.2, 0) is 0 Å². The highest BCUT2D eigenvalue weighted by Gasteiger charge is 2.16. The number of rotatable bonds is 6. The Balaban J connectivity index is 2.58. The maximum absolute atomic E-state index is 11.8. The number of carbonyl (C=O) groups is 1. The molecule has 1 aromatic rings. The first kappa shape index (κ1) is 11.6. The second-order valence-corrected chi connectivity index (χ2v) is 3.20. The third-order valence-electron chi connectivity index (χ3n) is 2.06. The Bertz CT molecular complexity index is 286. The Labute approximate surface area is 88.3 Å². The molecular formula is C9H16N4O2. The fraction of sp³-hybridized carbons (Fsp3) is 0.667. The van der Waals surface area contributed by atoms with Gasteiger partial charge in [-0.3, -0.25) is 9.89 Å². The number of nitrogens with zero attached hydrogens (tertiary/aromatic N) is 3. The van der Waals surface area contributed by atoms with Crippen molar-refractivity contribution in [2.24, 2.45) is 0 Å². The van der Waals surface area contributed by atoms with Crippen LogP contribution in [0.15, 0.2) is 6.33 Å². The van der Waals surface area contributed by atoms with Crippen LogP contribution in [0.1, 0.15) is 30.4 Å². The van der Waals surface area contributed by atoms with Crippen LogP contribution in [-0.4, -0.2) is 50.8 Å². The topological polar surface area (TPSA) is 82.1 Å². The molecule has 1 aromatic heterocycles. The third kappa shape index (κ3) is 3.32. The van der Waals surface area contributed by atoms with Crippen LogP contribution in [0.2, 0.25) is 0 Å². The summed E-state index contributed by atoms with van der Waals surface area (Å²) in [6.07, 6.45) is 3.22. The second-order valence-electron chi connectivity index (χ2n) is 3.20. The van der Waals surface area contributed by atoms with Gasteiger partial charge < -0.3 is 10.0 Å². The van der Waals surface area contributed by atoms with Crippen molar-refractivity contribution in [2.45, 2.75) is 19.8 Å². The van der Waals surface area contributed by atoms with Crippen LogP contribution >= 0.6 is 0 Å². The smallest absolute Gasteiger partial charge is 0.291 e. The van der Waals surface area contributed by atoms with E-state index in [9.17, 15) is 4.79 Å². The molecule has 6 nitrogen and oxygen atoms in total. The lowest BCUT2D eigenvalue weighted by Gasteiger charge is -2.19. The summed E-state index contributed by atoms with van der Waals surface area (Å²) in [6.45, 7) is 2.98. The molecule has 0 atom stereocenters. The first-order valence-electron chi connectivity index (χ1n) is 5.05. The number of aromatic nitrogens is 3. The number of unbranched alkanes of at least 4 members (excludes halogenated alkanes) is 1. The van der Waals surface area contributed by atoms with E-state index in [0.717, 1.165) is 12.8 Å². The van der Waals surface area contributed by atoms with E-state index in [1.165, 1.54) is 6.33 Å². The van der Waals surface area contributed by atoms with Crippen molar-refractivity contribution in [3.63, 3.8) is 0 Å². The summed E-state index contributed by atoms with van der Waals surface area (Å²) in [5, 5.41) is 15.0. The molecule has 0 aliphatic heterocycles. The summed E-state index contributed by atoms with van der Waals surface area (Å²) >= 11 is 0. The number of hydrogen-bond acceptors (Lipinski definition) is 4. The van der Waals surface area contributed by atoms with Gasteiger partial charge in [0.05, 0.1) is 6.61 Å². The van der Waals surface area contributed by atoms with Crippen molar-refractivity contribution in [3.8, 4) is 0 Å². The summed E-state index contributed by atoms with van der Waals surface area (Å²) in [5.74, 6) is 0.00885. The second kappa shape index (κ2) is 6.13. The first-order chi connectivity index (χ1) is 7.29. The first-order valence-corrected chi connectivity index (χ1v) is 5.05. The minimum Gasteiger partial charge on any atom is -0.395 e. The van der Waals surface area contributed by atoms with E-state index in [2.05, 4.69) is 22.1 Å². The maximum atomic E-state index is 11.8. The van der Waals surface area contributed by atoms with Gasteiger partial charge in [0.15, 0.2) is 0 Å². The van der Waals surface area contributed by atoms with Crippen molar-refractivity contribution in [2.75, 3.05) is 19.7 Å². The third-order valence-corrected chi connectivity index (χ3v) is 2.06. The molecule has 0 aliphatic rings. The SMILES string of the molecule is CCCCN(CCO)C(=O)c1ncn[nH]1. The number of H-pyrrole nitrogens is 1. The molecule has 0 bridgehead atoms. The minimum atomic E-state index is -0.213. The number of nitrogens with one attached hydrogen (secondary N) is 1. The van der Waals surface area contributed by atoms with E-state index in [0.29, 0.717) is 13.1 Å². The zero-order chi connectivity index (χ0) is 11.1. The highest BCUT2D eigenvalue weighted by atomic mass is 16.3. The molecule has 0 fully saturated rings. The zero-order valence-corrected chi connectivity index (χ0v) is 8.81. The van der Waals surface area contributed by atoms with Gasteiger partial charge in [-0.05, 0) is 6.42 Å². The number of aliphatic hydroxyl groups is 1. The lowest BCUT2D eigenvalue weighted by Crippen LogP contribution is -2.35. The van der Waals surface area contributed by atoms with Crippen LogP contribution in [0.3, 0.4) is 0 Å². The molecule has 0 radical (unpaired) electrons. The normalized spacial score (nSPS) is 10.3. The molecule has 6 heteroatoms. The van der Waals surface area contributed by atoms with Crippen LogP contribution < -0.4 is 0 Å². The van der Waals surface area contributed by atoms with Crippen LogP contribution in [0.4, 0.5) is 0 Å². The van der Waals surface area contributed by atoms with Gasteiger partial charge in [0.2, 0.25) is 5.82 Å². The highest BCUT2D eigenvalue weighted by molar-refractivity contribution is 5.90.